The Labute approximate surface area is 256 Å². The predicted octanol–water partition coefficient (Wildman–Crippen LogP) is 5.60. The number of pyridine rings is 1. The quantitative estimate of drug-likeness (QED) is 0.176. The first-order valence-electron chi connectivity index (χ1n) is 13.8. The normalized spacial score (nSPS) is 11.3. The lowest BCUT2D eigenvalue weighted by Gasteiger charge is -2.24. The van der Waals surface area contributed by atoms with E-state index in [1.165, 1.54) is 6.20 Å². The molecule has 226 valence electrons. The molecule has 0 unspecified atom stereocenters. The molecule has 2 heterocycles. The molecule has 0 radical (unpaired) electrons. The van der Waals surface area contributed by atoms with Gasteiger partial charge < -0.3 is 14.4 Å². The van der Waals surface area contributed by atoms with Crippen molar-refractivity contribution >= 4 is 15.8 Å². The molecule has 0 aliphatic heterocycles. The van der Waals surface area contributed by atoms with E-state index in [1.807, 2.05) is 53.4 Å². The molecule has 2 aromatic heterocycles. The Morgan fingerprint density at radius 1 is 0.750 bits per heavy atom. The van der Waals surface area contributed by atoms with Crippen LogP contribution in [0.4, 0.5) is 10.3 Å². The summed E-state index contributed by atoms with van der Waals surface area (Å²) < 4.78 is 49.4. The van der Waals surface area contributed by atoms with Gasteiger partial charge in [0.1, 0.15) is 17.3 Å². The molecule has 5 aromatic rings. The van der Waals surface area contributed by atoms with Gasteiger partial charge in [0.25, 0.3) is 0 Å². The molecule has 3 aromatic carbocycles. The third-order valence-corrected chi connectivity index (χ3v) is 8.11. The number of rotatable bonds is 11. The van der Waals surface area contributed by atoms with E-state index in [1.54, 1.807) is 51.5 Å². The zero-order valence-electron chi connectivity index (χ0n) is 24.9. The van der Waals surface area contributed by atoms with E-state index >= 15 is 4.39 Å². The summed E-state index contributed by atoms with van der Waals surface area (Å²) >= 11 is 0. The highest BCUT2D eigenvalue weighted by molar-refractivity contribution is 7.90. The lowest BCUT2D eigenvalue weighted by molar-refractivity contribution is 0.414. The van der Waals surface area contributed by atoms with Crippen molar-refractivity contribution in [2.45, 2.75) is 31.3 Å². The second-order valence-corrected chi connectivity index (χ2v) is 12.3. The summed E-state index contributed by atoms with van der Waals surface area (Å²) in [6.45, 7) is 2.69. The van der Waals surface area contributed by atoms with Gasteiger partial charge in [0.2, 0.25) is 11.9 Å². The third-order valence-electron chi connectivity index (χ3n) is 6.98. The molecule has 9 nitrogen and oxygen atoms in total. The Hall–Kier alpha value is -4.90. The van der Waals surface area contributed by atoms with Crippen molar-refractivity contribution in [2.75, 3.05) is 25.4 Å². The van der Waals surface area contributed by atoms with Gasteiger partial charge in [-0.25, -0.2) is 18.4 Å². The molecule has 0 spiro atoms. The number of ether oxygens (including phenoxy) is 2. The highest BCUT2D eigenvalue weighted by Crippen LogP contribution is 2.25. The zero-order chi connectivity index (χ0) is 31.3. The van der Waals surface area contributed by atoms with Gasteiger partial charge in [-0.2, -0.15) is 14.4 Å². The van der Waals surface area contributed by atoms with Crippen LogP contribution in [0.25, 0.3) is 11.4 Å². The van der Waals surface area contributed by atoms with Crippen LogP contribution >= 0.6 is 0 Å². The first-order chi connectivity index (χ1) is 21.1. The fraction of sp³-hybridized carbons (Fsp3) is 0.212. The molecule has 11 heteroatoms. The average Bonchev–Trinajstić information content (AvgIpc) is 3.02. The van der Waals surface area contributed by atoms with E-state index in [2.05, 4.69) is 15.0 Å². The van der Waals surface area contributed by atoms with E-state index in [9.17, 15) is 8.42 Å². The van der Waals surface area contributed by atoms with E-state index < -0.39 is 15.8 Å². The minimum Gasteiger partial charge on any atom is -0.497 e. The summed E-state index contributed by atoms with van der Waals surface area (Å²) in [5.74, 6) is 1.79. The van der Waals surface area contributed by atoms with Crippen molar-refractivity contribution in [3.8, 4) is 22.9 Å². The molecular formula is C33H32FN5O4S. The maximum atomic E-state index is 15.2. The van der Waals surface area contributed by atoms with Gasteiger partial charge in [-0.15, -0.1) is 0 Å². The fourth-order valence-corrected chi connectivity index (χ4v) is 5.30. The van der Waals surface area contributed by atoms with Crippen LogP contribution in [0, 0.1) is 12.9 Å². The zero-order valence-corrected chi connectivity index (χ0v) is 25.7. The second-order valence-electron chi connectivity index (χ2n) is 10.3. The number of hydrogen-bond donors (Lipinski definition) is 0. The van der Waals surface area contributed by atoms with E-state index in [0.29, 0.717) is 31.3 Å². The van der Waals surface area contributed by atoms with Gasteiger partial charge in [0, 0.05) is 25.5 Å². The van der Waals surface area contributed by atoms with Crippen LogP contribution in [0.5, 0.6) is 11.5 Å². The maximum absolute atomic E-state index is 15.2. The van der Waals surface area contributed by atoms with Gasteiger partial charge in [0.15, 0.2) is 15.7 Å². The first kappa shape index (κ1) is 30.6. The van der Waals surface area contributed by atoms with Crippen molar-refractivity contribution < 1.29 is 22.3 Å². The van der Waals surface area contributed by atoms with Crippen LogP contribution in [0.1, 0.15) is 28.1 Å². The highest BCUT2D eigenvalue weighted by atomic mass is 32.2. The SMILES string of the molecule is COc1ccc(CN(Cc2ccc(OC)cc2)c2nc(C)nc(-c3cc(Cc4ccc(S(C)(=O)=O)cc4)cnc3F)n2)cc1. The van der Waals surface area contributed by atoms with Crippen molar-refractivity contribution in [2.24, 2.45) is 0 Å². The smallest absolute Gasteiger partial charge is 0.229 e. The average molecular weight is 614 g/mol. The van der Waals surface area contributed by atoms with E-state index in [-0.39, 0.29) is 16.3 Å². The largest absolute Gasteiger partial charge is 0.497 e. The predicted molar refractivity (Wildman–Crippen MR) is 166 cm³/mol. The number of sulfone groups is 1. The van der Waals surface area contributed by atoms with Gasteiger partial charge >= 0.3 is 0 Å². The van der Waals surface area contributed by atoms with Gasteiger partial charge in [0.05, 0.1) is 24.7 Å². The summed E-state index contributed by atoms with van der Waals surface area (Å²) in [5, 5.41) is 0. The van der Waals surface area contributed by atoms with Crippen molar-refractivity contribution in [1.82, 2.24) is 19.9 Å². The lowest BCUT2D eigenvalue weighted by atomic mass is 10.0. The molecule has 0 bridgehead atoms. The molecule has 0 aliphatic rings. The molecule has 0 aliphatic carbocycles. The number of hydrogen-bond acceptors (Lipinski definition) is 9. The van der Waals surface area contributed by atoms with Crippen LogP contribution in [-0.4, -0.2) is 48.8 Å². The number of benzene rings is 3. The summed E-state index contributed by atoms with van der Waals surface area (Å²) in [6, 6.07) is 23.7. The molecule has 44 heavy (non-hydrogen) atoms. The Kier molecular flexibility index (Phi) is 9.15. The van der Waals surface area contributed by atoms with Crippen LogP contribution in [0.15, 0.2) is 90.0 Å². The summed E-state index contributed by atoms with van der Waals surface area (Å²) in [6.07, 6.45) is 3.04. The van der Waals surface area contributed by atoms with Crippen molar-refractivity contribution in [3.05, 3.63) is 119 Å². The molecule has 5 rings (SSSR count). The number of anilines is 1. The van der Waals surface area contributed by atoms with Crippen LogP contribution in [0.2, 0.25) is 0 Å². The fourth-order valence-electron chi connectivity index (χ4n) is 4.66. The van der Waals surface area contributed by atoms with Crippen LogP contribution in [-0.2, 0) is 29.3 Å². The molecule has 0 amide bonds. The standard InChI is InChI=1S/C33H32FN5O4S/c1-22-36-32(30-18-26(19-35-31(30)34)17-23-9-15-29(16-10-23)44(4,40)41)38-33(37-22)39(20-24-5-11-27(42-2)12-6-24)21-25-7-13-28(43-3)14-8-25/h5-16,18-19H,17,20-21H2,1-4H3. The number of halogens is 1. The summed E-state index contributed by atoms with van der Waals surface area (Å²) in [7, 11) is -0.0568. The topological polar surface area (TPSA) is 107 Å². The number of nitrogens with zero attached hydrogens (tertiary/aromatic N) is 5. The highest BCUT2D eigenvalue weighted by Gasteiger charge is 2.18. The lowest BCUT2D eigenvalue weighted by Crippen LogP contribution is -2.25. The number of methoxy groups -OCH3 is 2. The number of aryl methyl sites for hydroxylation is 1. The Morgan fingerprint density at radius 2 is 1.30 bits per heavy atom. The monoisotopic (exact) mass is 613 g/mol. The van der Waals surface area contributed by atoms with Crippen molar-refractivity contribution in [1.29, 1.82) is 0 Å². The first-order valence-corrected chi connectivity index (χ1v) is 15.7. The van der Waals surface area contributed by atoms with Gasteiger partial charge in [-0.05, 0) is 78.1 Å². The molecule has 0 saturated heterocycles. The Morgan fingerprint density at radius 3 is 1.82 bits per heavy atom. The van der Waals surface area contributed by atoms with Crippen LogP contribution in [0.3, 0.4) is 0 Å². The molecule has 0 fully saturated rings. The number of aromatic nitrogens is 4. The Bertz CT molecular complexity index is 1800. The minimum absolute atomic E-state index is 0.149. The maximum Gasteiger partial charge on any atom is 0.229 e. The minimum atomic E-state index is -3.30. The van der Waals surface area contributed by atoms with Gasteiger partial charge in [-0.3, -0.25) is 0 Å². The van der Waals surface area contributed by atoms with Crippen molar-refractivity contribution in [3.63, 3.8) is 0 Å². The summed E-state index contributed by atoms with van der Waals surface area (Å²) in [4.78, 5) is 20.0. The van der Waals surface area contributed by atoms with Gasteiger partial charge in [-0.1, -0.05) is 36.4 Å². The Balaban J connectivity index is 1.48. The third kappa shape index (κ3) is 7.54. The molecule has 0 atom stereocenters. The second kappa shape index (κ2) is 13.2. The van der Waals surface area contributed by atoms with E-state index in [0.717, 1.165) is 40.0 Å². The molecule has 0 N–H and O–H groups in total. The van der Waals surface area contributed by atoms with E-state index in [4.69, 9.17) is 14.5 Å². The molecular weight excluding hydrogens is 581 g/mol. The summed E-state index contributed by atoms with van der Waals surface area (Å²) in [5.41, 5.74) is 3.75. The van der Waals surface area contributed by atoms with Crippen LogP contribution < -0.4 is 14.4 Å². The molecule has 0 saturated carbocycles.